The van der Waals surface area contributed by atoms with Crippen molar-refractivity contribution in [3.8, 4) is 0 Å². The van der Waals surface area contributed by atoms with Crippen LogP contribution in [0.2, 0.25) is 0 Å². The van der Waals surface area contributed by atoms with Crippen LogP contribution >= 0.6 is 24.8 Å². The lowest BCUT2D eigenvalue weighted by Crippen LogP contribution is -2.51. The van der Waals surface area contributed by atoms with Crippen LogP contribution in [0.4, 0.5) is 0 Å². The molecule has 3 rings (SSSR count). The number of carbonyl (C=O) groups excluding carboxylic acids is 1. The van der Waals surface area contributed by atoms with Crippen LogP contribution < -0.4 is 11.1 Å². The van der Waals surface area contributed by atoms with Crippen molar-refractivity contribution in [3.05, 3.63) is 35.4 Å². The van der Waals surface area contributed by atoms with Crippen LogP contribution in [-0.4, -0.2) is 29.4 Å². The van der Waals surface area contributed by atoms with Crippen LogP contribution in [-0.2, 0) is 17.9 Å². The third kappa shape index (κ3) is 5.35. The molecule has 2 fully saturated rings. The Hall–Kier alpha value is -0.810. The maximum atomic E-state index is 12.3. The third-order valence-electron chi connectivity index (χ3n) is 5.00. The molecule has 1 amide bonds. The second kappa shape index (κ2) is 9.62. The number of carbonyl (C=O) groups is 1. The van der Waals surface area contributed by atoms with E-state index in [1.165, 1.54) is 31.5 Å². The highest BCUT2D eigenvalue weighted by atomic mass is 35.5. The molecule has 0 aromatic heterocycles. The van der Waals surface area contributed by atoms with E-state index in [9.17, 15) is 4.79 Å². The number of nitrogens with two attached hydrogens (primary N) is 1. The molecule has 0 radical (unpaired) electrons. The monoisotopic (exact) mass is 373 g/mol. The highest BCUT2D eigenvalue weighted by molar-refractivity contribution is 5.86. The van der Waals surface area contributed by atoms with Gasteiger partial charge in [-0.1, -0.05) is 37.1 Å². The molecule has 6 heteroatoms. The summed E-state index contributed by atoms with van der Waals surface area (Å²) in [5.41, 5.74) is 8.04. The number of rotatable bonds is 5. The summed E-state index contributed by atoms with van der Waals surface area (Å²) in [5.74, 6) is 0.00921. The van der Waals surface area contributed by atoms with Crippen LogP contribution in [0.15, 0.2) is 24.3 Å². The Kier molecular flexibility index (Phi) is 8.51. The zero-order valence-corrected chi connectivity index (χ0v) is 15.8. The predicted octanol–water partition coefficient (Wildman–Crippen LogP) is 3.01. The quantitative estimate of drug-likeness (QED) is 0.833. The van der Waals surface area contributed by atoms with Gasteiger partial charge >= 0.3 is 0 Å². The number of hydrogen-bond donors (Lipinski definition) is 2. The normalized spacial score (nSPS) is 19.4. The summed E-state index contributed by atoms with van der Waals surface area (Å²) in [6.07, 6.45) is 6.38. The summed E-state index contributed by atoms with van der Waals surface area (Å²) >= 11 is 0. The van der Waals surface area contributed by atoms with Crippen molar-refractivity contribution in [2.75, 3.05) is 13.1 Å². The smallest absolute Gasteiger partial charge is 0.240 e. The van der Waals surface area contributed by atoms with Gasteiger partial charge in [-0.05, 0) is 49.9 Å². The SMILES string of the molecule is Cl.Cl.NC1(C(=O)NCc2cccc(CN3CCCC3)c2)CCCC1. The van der Waals surface area contributed by atoms with Crippen molar-refractivity contribution in [2.24, 2.45) is 5.73 Å². The van der Waals surface area contributed by atoms with Crippen molar-refractivity contribution >= 4 is 30.7 Å². The van der Waals surface area contributed by atoms with Crippen LogP contribution in [0.25, 0.3) is 0 Å². The van der Waals surface area contributed by atoms with Gasteiger partial charge in [0.05, 0.1) is 5.54 Å². The number of hydrogen-bond acceptors (Lipinski definition) is 3. The molecule has 1 saturated carbocycles. The first-order valence-electron chi connectivity index (χ1n) is 8.53. The Morgan fingerprint density at radius 3 is 2.38 bits per heavy atom. The fourth-order valence-electron chi connectivity index (χ4n) is 3.63. The molecule has 3 N–H and O–H groups in total. The van der Waals surface area contributed by atoms with Crippen LogP contribution in [0.5, 0.6) is 0 Å². The highest BCUT2D eigenvalue weighted by Crippen LogP contribution is 2.27. The Bertz CT molecular complexity index is 527. The lowest BCUT2D eigenvalue weighted by Gasteiger charge is -2.22. The first kappa shape index (κ1) is 21.2. The second-order valence-corrected chi connectivity index (χ2v) is 6.85. The van der Waals surface area contributed by atoms with Gasteiger partial charge in [0.15, 0.2) is 0 Å². The highest BCUT2D eigenvalue weighted by Gasteiger charge is 2.36. The molecule has 0 atom stereocenters. The molecule has 1 aliphatic carbocycles. The van der Waals surface area contributed by atoms with E-state index in [-0.39, 0.29) is 30.7 Å². The second-order valence-electron chi connectivity index (χ2n) is 6.85. The largest absolute Gasteiger partial charge is 0.350 e. The molecule has 1 saturated heterocycles. The number of benzene rings is 1. The van der Waals surface area contributed by atoms with Gasteiger partial charge < -0.3 is 11.1 Å². The van der Waals surface area contributed by atoms with Crippen molar-refractivity contribution < 1.29 is 4.79 Å². The van der Waals surface area contributed by atoms with E-state index in [2.05, 4.69) is 34.5 Å². The minimum Gasteiger partial charge on any atom is -0.350 e. The molecule has 1 aliphatic heterocycles. The molecule has 24 heavy (non-hydrogen) atoms. The van der Waals surface area contributed by atoms with E-state index in [0.29, 0.717) is 6.54 Å². The van der Waals surface area contributed by atoms with Gasteiger partial charge in [-0.3, -0.25) is 9.69 Å². The van der Waals surface area contributed by atoms with Gasteiger partial charge in [0.1, 0.15) is 0 Å². The molecule has 4 nitrogen and oxygen atoms in total. The van der Waals surface area contributed by atoms with Gasteiger partial charge in [-0.2, -0.15) is 0 Å². The summed E-state index contributed by atoms with van der Waals surface area (Å²) in [7, 11) is 0. The first-order chi connectivity index (χ1) is 10.7. The molecule has 0 bridgehead atoms. The van der Waals surface area contributed by atoms with Gasteiger partial charge in [-0.15, -0.1) is 24.8 Å². The summed E-state index contributed by atoms with van der Waals surface area (Å²) in [6, 6.07) is 8.54. The molecule has 0 unspecified atom stereocenters. The Morgan fingerprint density at radius 1 is 1.08 bits per heavy atom. The Balaban J connectivity index is 0.00000144. The van der Waals surface area contributed by atoms with Gasteiger partial charge in [-0.25, -0.2) is 0 Å². The van der Waals surface area contributed by atoms with Crippen molar-refractivity contribution in [2.45, 2.75) is 57.2 Å². The van der Waals surface area contributed by atoms with Crippen molar-refractivity contribution in [1.82, 2.24) is 10.2 Å². The van der Waals surface area contributed by atoms with Crippen LogP contribution in [0.1, 0.15) is 49.7 Å². The fraction of sp³-hybridized carbons (Fsp3) is 0.611. The number of halogens is 2. The molecular formula is C18H29Cl2N3O. The number of nitrogens with one attached hydrogen (secondary N) is 1. The number of likely N-dealkylation sites (tertiary alicyclic amines) is 1. The zero-order chi connectivity index (χ0) is 15.4. The third-order valence-corrected chi connectivity index (χ3v) is 5.00. The summed E-state index contributed by atoms with van der Waals surface area (Å²) in [6.45, 7) is 4.00. The number of nitrogens with zero attached hydrogens (tertiary/aromatic N) is 1. The minimum absolute atomic E-state index is 0. The van der Waals surface area contributed by atoms with E-state index in [0.717, 1.165) is 37.8 Å². The molecule has 1 heterocycles. The number of amides is 1. The van der Waals surface area contributed by atoms with Crippen molar-refractivity contribution in [3.63, 3.8) is 0 Å². The lowest BCUT2D eigenvalue weighted by atomic mass is 9.98. The zero-order valence-electron chi connectivity index (χ0n) is 14.1. The predicted molar refractivity (Wildman–Crippen MR) is 103 cm³/mol. The molecular weight excluding hydrogens is 345 g/mol. The average Bonchev–Trinajstić information content (AvgIpc) is 3.18. The van der Waals surface area contributed by atoms with Crippen LogP contribution in [0.3, 0.4) is 0 Å². The Labute approximate surface area is 157 Å². The Morgan fingerprint density at radius 2 is 1.71 bits per heavy atom. The van der Waals surface area contributed by atoms with E-state index in [1.54, 1.807) is 0 Å². The maximum Gasteiger partial charge on any atom is 0.240 e. The van der Waals surface area contributed by atoms with E-state index < -0.39 is 5.54 Å². The van der Waals surface area contributed by atoms with E-state index >= 15 is 0 Å². The summed E-state index contributed by atoms with van der Waals surface area (Å²) in [4.78, 5) is 14.8. The van der Waals surface area contributed by atoms with Gasteiger partial charge in [0.2, 0.25) is 5.91 Å². The molecule has 2 aliphatic rings. The molecule has 1 aromatic rings. The summed E-state index contributed by atoms with van der Waals surface area (Å²) in [5, 5.41) is 3.02. The summed E-state index contributed by atoms with van der Waals surface area (Å²) < 4.78 is 0. The van der Waals surface area contributed by atoms with Gasteiger partial charge in [0, 0.05) is 13.1 Å². The maximum absolute atomic E-state index is 12.3. The minimum atomic E-state index is -0.632. The molecule has 1 aromatic carbocycles. The standard InChI is InChI=1S/C18H27N3O.2ClH/c19-18(8-1-2-9-18)17(22)20-13-15-6-5-7-16(12-15)14-21-10-3-4-11-21;;/h5-7,12H,1-4,8-11,13-14,19H2,(H,20,22);2*1H. The molecule has 0 spiro atoms. The van der Waals surface area contributed by atoms with E-state index in [1.807, 2.05) is 0 Å². The average molecular weight is 374 g/mol. The van der Waals surface area contributed by atoms with Crippen molar-refractivity contribution in [1.29, 1.82) is 0 Å². The van der Waals surface area contributed by atoms with E-state index in [4.69, 9.17) is 5.73 Å². The fourth-order valence-corrected chi connectivity index (χ4v) is 3.63. The van der Waals surface area contributed by atoms with Gasteiger partial charge in [0.25, 0.3) is 0 Å². The molecule has 136 valence electrons. The first-order valence-corrected chi connectivity index (χ1v) is 8.53. The lowest BCUT2D eigenvalue weighted by molar-refractivity contribution is -0.126. The topological polar surface area (TPSA) is 58.4 Å². The van der Waals surface area contributed by atoms with Crippen LogP contribution in [0, 0.1) is 0 Å².